The molecule has 1 aliphatic rings. The topological polar surface area (TPSA) is 54.9 Å². The summed E-state index contributed by atoms with van der Waals surface area (Å²) in [5, 5.41) is 1.08. The van der Waals surface area contributed by atoms with E-state index in [1.807, 2.05) is 24.3 Å². The summed E-state index contributed by atoms with van der Waals surface area (Å²) in [6.07, 6.45) is 0. The molecule has 0 atom stereocenters. The lowest BCUT2D eigenvalue weighted by Crippen LogP contribution is -2.39. The zero-order valence-electron chi connectivity index (χ0n) is 16.8. The van der Waals surface area contributed by atoms with Gasteiger partial charge in [0.2, 0.25) is 6.79 Å². The Morgan fingerprint density at radius 1 is 1.13 bits per heavy atom. The predicted molar refractivity (Wildman–Crippen MR) is 124 cm³/mol. The highest BCUT2D eigenvalue weighted by atomic mass is 35.5. The summed E-state index contributed by atoms with van der Waals surface area (Å²) in [7, 11) is 0. The van der Waals surface area contributed by atoms with E-state index >= 15 is 0 Å². The number of nitrogens with zero attached hydrogens (tertiary/aromatic N) is 3. The van der Waals surface area contributed by atoms with Crippen LogP contribution in [0.2, 0.25) is 5.02 Å². The van der Waals surface area contributed by atoms with Crippen molar-refractivity contribution in [1.82, 2.24) is 9.88 Å². The SMILES string of the molecule is CCN(CC)CCN(C(=O)c1ccccc1Cl)c1nc2cc3c(cc2s1)OCO3.Cl. The summed E-state index contributed by atoms with van der Waals surface area (Å²) in [5.41, 5.74) is 1.26. The minimum atomic E-state index is -0.151. The average Bonchev–Trinajstić information content (AvgIpc) is 3.35. The molecule has 0 saturated heterocycles. The van der Waals surface area contributed by atoms with E-state index in [4.69, 9.17) is 26.1 Å². The number of likely N-dealkylation sites (N-methyl/N-ethyl adjacent to an activating group) is 1. The van der Waals surface area contributed by atoms with Gasteiger partial charge in [-0.2, -0.15) is 0 Å². The van der Waals surface area contributed by atoms with E-state index in [9.17, 15) is 4.79 Å². The molecular weight excluding hydrogens is 445 g/mol. The Labute approximate surface area is 190 Å². The zero-order chi connectivity index (χ0) is 20.4. The largest absolute Gasteiger partial charge is 0.454 e. The summed E-state index contributed by atoms with van der Waals surface area (Å²) in [5.74, 6) is 1.24. The van der Waals surface area contributed by atoms with Gasteiger partial charge in [0, 0.05) is 25.2 Å². The van der Waals surface area contributed by atoms with E-state index < -0.39 is 0 Å². The van der Waals surface area contributed by atoms with Gasteiger partial charge in [0.05, 0.1) is 20.8 Å². The van der Waals surface area contributed by atoms with Crippen LogP contribution in [0.5, 0.6) is 11.5 Å². The van der Waals surface area contributed by atoms with Gasteiger partial charge in [-0.25, -0.2) is 4.98 Å². The van der Waals surface area contributed by atoms with E-state index in [-0.39, 0.29) is 25.1 Å². The molecule has 0 saturated carbocycles. The lowest BCUT2D eigenvalue weighted by Gasteiger charge is -2.25. The van der Waals surface area contributed by atoms with Crippen LogP contribution in [0.1, 0.15) is 24.2 Å². The van der Waals surface area contributed by atoms with Crippen LogP contribution < -0.4 is 14.4 Å². The molecule has 6 nitrogen and oxygen atoms in total. The van der Waals surface area contributed by atoms with Gasteiger partial charge in [-0.15, -0.1) is 12.4 Å². The standard InChI is InChI=1S/C21H22ClN3O3S.ClH/c1-3-24(4-2)9-10-25(20(26)14-7-5-6-8-15(14)22)21-23-16-11-17-18(28-13-27-17)12-19(16)29-21;/h5-8,11-12H,3-4,9-10,13H2,1-2H3;1H. The number of hydrogen-bond donors (Lipinski definition) is 0. The maximum atomic E-state index is 13.4. The van der Waals surface area contributed by atoms with Crippen LogP contribution in [-0.4, -0.2) is 48.8 Å². The summed E-state index contributed by atoms with van der Waals surface area (Å²) in [6.45, 7) is 7.57. The lowest BCUT2D eigenvalue weighted by molar-refractivity contribution is 0.0984. The smallest absolute Gasteiger partial charge is 0.261 e. The number of ether oxygens (including phenoxy) is 2. The van der Waals surface area contributed by atoms with E-state index in [0.717, 1.165) is 29.9 Å². The van der Waals surface area contributed by atoms with Crippen LogP contribution >= 0.6 is 35.3 Å². The van der Waals surface area contributed by atoms with Crippen LogP contribution in [0.25, 0.3) is 10.2 Å². The highest BCUT2D eigenvalue weighted by Gasteiger charge is 2.25. The molecular formula is C21H23Cl2N3O3S. The van der Waals surface area contributed by atoms with E-state index in [2.05, 4.69) is 18.7 Å². The van der Waals surface area contributed by atoms with Gasteiger partial charge in [-0.1, -0.05) is 48.9 Å². The molecule has 1 aromatic heterocycles. The van der Waals surface area contributed by atoms with Crippen molar-refractivity contribution < 1.29 is 14.3 Å². The Kier molecular flexibility index (Phi) is 7.41. The van der Waals surface area contributed by atoms with Gasteiger partial charge in [0.1, 0.15) is 0 Å². The minimum Gasteiger partial charge on any atom is -0.454 e. The highest BCUT2D eigenvalue weighted by Crippen LogP contribution is 2.40. The fraction of sp³-hybridized carbons (Fsp3) is 0.333. The maximum Gasteiger partial charge on any atom is 0.261 e. The third-order valence-corrected chi connectivity index (χ3v) is 6.36. The van der Waals surface area contributed by atoms with Gasteiger partial charge in [0.15, 0.2) is 16.6 Å². The Morgan fingerprint density at radius 2 is 1.83 bits per heavy atom. The van der Waals surface area contributed by atoms with E-state index in [0.29, 0.717) is 33.8 Å². The van der Waals surface area contributed by atoms with Crippen LogP contribution in [0.3, 0.4) is 0 Å². The lowest BCUT2D eigenvalue weighted by atomic mass is 10.2. The molecule has 0 N–H and O–H groups in total. The third kappa shape index (κ3) is 4.49. The van der Waals surface area contributed by atoms with Gasteiger partial charge in [0.25, 0.3) is 5.91 Å². The molecule has 0 radical (unpaired) electrons. The quantitative estimate of drug-likeness (QED) is 0.484. The number of thiazole rings is 1. The van der Waals surface area contributed by atoms with Gasteiger partial charge < -0.3 is 14.4 Å². The normalized spacial score (nSPS) is 12.3. The molecule has 9 heteroatoms. The Balaban J connectivity index is 0.00000256. The molecule has 0 aliphatic carbocycles. The summed E-state index contributed by atoms with van der Waals surface area (Å²) < 4.78 is 11.9. The number of amides is 1. The molecule has 3 aromatic rings. The number of rotatable bonds is 7. The summed E-state index contributed by atoms with van der Waals surface area (Å²) >= 11 is 7.77. The first kappa shape index (κ1) is 22.6. The van der Waals surface area contributed by atoms with Crippen molar-refractivity contribution in [3.63, 3.8) is 0 Å². The van der Waals surface area contributed by atoms with Crippen molar-refractivity contribution in [2.75, 3.05) is 37.9 Å². The summed E-state index contributed by atoms with van der Waals surface area (Å²) in [6, 6.07) is 10.9. The van der Waals surface area contributed by atoms with Crippen molar-refractivity contribution in [3.8, 4) is 11.5 Å². The summed E-state index contributed by atoms with van der Waals surface area (Å²) in [4.78, 5) is 22.1. The zero-order valence-corrected chi connectivity index (χ0v) is 19.1. The van der Waals surface area contributed by atoms with Crippen molar-refractivity contribution >= 4 is 56.6 Å². The molecule has 0 bridgehead atoms. The second kappa shape index (κ2) is 9.83. The fourth-order valence-corrected chi connectivity index (χ4v) is 4.48. The van der Waals surface area contributed by atoms with Crippen LogP contribution in [0, 0.1) is 0 Å². The van der Waals surface area contributed by atoms with E-state index in [1.54, 1.807) is 17.0 Å². The average molecular weight is 468 g/mol. The van der Waals surface area contributed by atoms with E-state index in [1.165, 1.54) is 11.3 Å². The van der Waals surface area contributed by atoms with Gasteiger partial charge >= 0.3 is 0 Å². The number of anilines is 1. The number of halogens is 2. The van der Waals surface area contributed by atoms with Crippen LogP contribution in [0.4, 0.5) is 5.13 Å². The first-order valence-electron chi connectivity index (χ1n) is 9.59. The molecule has 4 rings (SSSR count). The monoisotopic (exact) mass is 467 g/mol. The Hall–Kier alpha value is -2.06. The van der Waals surface area contributed by atoms with Crippen LogP contribution in [-0.2, 0) is 0 Å². The molecule has 0 fully saturated rings. The molecule has 1 aliphatic heterocycles. The third-order valence-electron chi connectivity index (χ3n) is 4.99. The number of carbonyl (C=O) groups is 1. The molecule has 30 heavy (non-hydrogen) atoms. The fourth-order valence-electron chi connectivity index (χ4n) is 3.27. The number of fused-ring (bicyclic) bond motifs is 2. The molecule has 2 heterocycles. The number of aromatic nitrogens is 1. The van der Waals surface area contributed by atoms with Gasteiger partial charge in [-0.05, 0) is 25.2 Å². The second-order valence-corrected chi connectivity index (χ2v) is 8.05. The van der Waals surface area contributed by atoms with Gasteiger partial charge in [-0.3, -0.25) is 9.69 Å². The minimum absolute atomic E-state index is 0. The molecule has 0 spiro atoms. The molecule has 1 amide bonds. The van der Waals surface area contributed by atoms with Crippen molar-refractivity contribution in [3.05, 3.63) is 47.0 Å². The van der Waals surface area contributed by atoms with Crippen molar-refractivity contribution in [2.24, 2.45) is 0 Å². The first-order chi connectivity index (χ1) is 14.1. The highest BCUT2D eigenvalue weighted by molar-refractivity contribution is 7.22. The Morgan fingerprint density at radius 3 is 2.53 bits per heavy atom. The van der Waals surface area contributed by atoms with Crippen molar-refractivity contribution in [2.45, 2.75) is 13.8 Å². The van der Waals surface area contributed by atoms with Crippen molar-refractivity contribution in [1.29, 1.82) is 0 Å². The Bertz CT molecular complexity index is 999. The number of carbonyl (C=O) groups excluding carboxylic acids is 1. The molecule has 2 aromatic carbocycles. The first-order valence-corrected chi connectivity index (χ1v) is 10.8. The van der Waals surface area contributed by atoms with Crippen LogP contribution in [0.15, 0.2) is 36.4 Å². The molecule has 0 unspecified atom stereocenters. The number of hydrogen-bond acceptors (Lipinski definition) is 6. The maximum absolute atomic E-state index is 13.4. The second-order valence-electron chi connectivity index (χ2n) is 6.63. The molecule has 160 valence electrons. The predicted octanol–water partition coefficient (Wildman–Crippen LogP) is 5.09. The number of benzene rings is 2.